The van der Waals surface area contributed by atoms with Crippen LogP contribution in [0.3, 0.4) is 0 Å². The second-order valence-corrected chi connectivity index (χ2v) is 9.36. The third-order valence-corrected chi connectivity index (χ3v) is 7.01. The highest BCUT2D eigenvalue weighted by molar-refractivity contribution is 8.00. The number of benzene rings is 2. The first-order valence-corrected chi connectivity index (χ1v) is 11.2. The molecular formula is C21H26O5S2. The Labute approximate surface area is 173 Å². The minimum atomic E-state index is -1.36. The highest BCUT2D eigenvalue weighted by Crippen LogP contribution is 2.35. The zero-order chi connectivity index (χ0) is 20.1. The zero-order valence-electron chi connectivity index (χ0n) is 15.6. The van der Waals surface area contributed by atoms with Crippen LogP contribution in [0.5, 0.6) is 5.75 Å². The Balaban J connectivity index is 1.74. The largest absolute Gasteiger partial charge is 0.477 e. The minimum absolute atomic E-state index is 0.306. The van der Waals surface area contributed by atoms with Crippen LogP contribution >= 0.6 is 23.5 Å². The smallest absolute Gasteiger partial charge is 0.173 e. The first kappa shape index (κ1) is 21.5. The summed E-state index contributed by atoms with van der Waals surface area (Å²) >= 11 is 2.93. The molecule has 0 radical (unpaired) electrons. The number of hydrogen-bond donors (Lipinski definition) is 4. The topological polar surface area (TPSA) is 90.2 Å². The summed E-state index contributed by atoms with van der Waals surface area (Å²) in [7, 11) is 0. The number of aliphatic hydroxyl groups excluding tert-OH is 4. The van der Waals surface area contributed by atoms with Crippen molar-refractivity contribution in [2.75, 3.05) is 12.4 Å². The van der Waals surface area contributed by atoms with Crippen molar-refractivity contribution in [2.45, 2.75) is 47.2 Å². The van der Waals surface area contributed by atoms with Crippen molar-refractivity contribution in [3.05, 3.63) is 59.7 Å². The van der Waals surface area contributed by atoms with Gasteiger partial charge < -0.3 is 25.2 Å². The molecule has 0 amide bonds. The summed E-state index contributed by atoms with van der Waals surface area (Å²) in [6, 6.07) is 16.0. The van der Waals surface area contributed by atoms with Crippen LogP contribution in [0.2, 0.25) is 0 Å². The van der Waals surface area contributed by atoms with Gasteiger partial charge in [-0.25, -0.2) is 0 Å². The van der Waals surface area contributed by atoms with Gasteiger partial charge in [0.2, 0.25) is 0 Å². The van der Waals surface area contributed by atoms with Crippen LogP contribution in [0, 0.1) is 0 Å². The zero-order valence-corrected chi connectivity index (χ0v) is 17.3. The predicted molar refractivity (Wildman–Crippen MR) is 113 cm³/mol. The van der Waals surface area contributed by atoms with Crippen LogP contribution in [0.15, 0.2) is 53.4 Å². The number of aliphatic hydroxyl groups is 4. The molecule has 0 unspecified atom stereocenters. The van der Waals surface area contributed by atoms with E-state index in [1.807, 2.05) is 24.3 Å². The molecular weight excluding hydrogens is 396 g/mol. The number of hydrogen-bond acceptors (Lipinski definition) is 7. The van der Waals surface area contributed by atoms with Crippen LogP contribution in [0.25, 0.3) is 0 Å². The molecule has 2 aromatic rings. The Bertz CT molecular complexity index is 753. The average Bonchev–Trinajstić information content (AvgIpc) is 2.71. The second kappa shape index (κ2) is 10.0. The molecule has 152 valence electrons. The fourth-order valence-corrected chi connectivity index (χ4v) is 5.04. The van der Waals surface area contributed by atoms with Gasteiger partial charge in [-0.05, 0) is 35.1 Å². The van der Waals surface area contributed by atoms with E-state index in [0.717, 1.165) is 28.6 Å². The summed E-state index contributed by atoms with van der Waals surface area (Å²) in [5.74, 6) is 1.65. The molecule has 1 fully saturated rings. The molecule has 0 spiro atoms. The molecule has 1 heterocycles. The molecule has 5 atom stereocenters. The quantitative estimate of drug-likeness (QED) is 0.509. The van der Waals surface area contributed by atoms with Crippen LogP contribution in [0.4, 0.5) is 0 Å². The van der Waals surface area contributed by atoms with Crippen LogP contribution in [0.1, 0.15) is 18.1 Å². The second-order valence-electron chi connectivity index (χ2n) is 6.68. The summed E-state index contributed by atoms with van der Waals surface area (Å²) in [5.41, 5.74) is 1.34. The van der Waals surface area contributed by atoms with Crippen molar-refractivity contribution < 1.29 is 25.2 Å². The van der Waals surface area contributed by atoms with Crippen molar-refractivity contribution >= 4 is 23.5 Å². The van der Waals surface area contributed by atoms with Gasteiger partial charge in [-0.3, -0.25) is 0 Å². The van der Waals surface area contributed by atoms with Gasteiger partial charge in [-0.1, -0.05) is 37.3 Å². The molecule has 0 aromatic heterocycles. The molecule has 0 bridgehead atoms. The van der Waals surface area contributed by atoms with Gasteiger partial charge in [0, 0.05) is 11.3 Å². The average molecular weight is 423 g/mol. The monoisotopic (exact) mass is 422 g/mol. The molecule has 0 aliphatic carbocycles. The molecule has 5 nitrogen and oxygen atoms in total. The molecule has 28 heavy (non-hydrogen) atoms. The summed E-state index contributed by atoms with van der Waals surface area (Å²) in [6.07, 6.45) is -3.13. The van der Waals surface area contributed by atoms with E-state index in [9.17, 15) is 20.4 Å². The number of ether oxygens (including phenoxy) is 1. The van der Waals surface area contributed by atoms with E-state index >= 15 is 0 Å². The highest BCUT2D eigenvalue weighted by Gasteiger charge is 2.44. The Hall–Kier alpha value is -1.22. The lowest BCUT2D eigenvalue weighted by Crippen LogP contribution is -2.55. The SMILES string of the molecule is CCSc1ccc(Cc2ccccc2O[C@@H]2S[C@H](CO)[C@@H](O)[C@H](O)[C@H]2O)cc1. The highest BCUT2D eigenvalue weighted by atomic mass is 32.2. The van der Waals surface area contributed by atoms with E-state index in [0.29, 0.717) is 12.2 Å². The third-order valence-electron chi connectivity index (χ3n) is 4.69. The standard InChI is InChI=1S/C21H26O5S2/c1-2-27-15-9-7-13(8-10-15)11-14-5-3-4-6-16(14)26-21-20(25)19(24)18(23)17(12-22)28-21/h3-10,17-25H,2,11-12H2,1H3/t17-,18-,19+,20-,21-/m1/s1. The van der Waals surface area contributed by atoms with E-state index in [1.54, 1.807) is 11.8 Å². The van der Waals surface area contributed by atoms with Gasteiger partial charge in [0.1, 0.15) is 18.0 Å². The maximum atomic E-state index is 10.3. The van der Waals surface area contributed by atoms with Crippen LogP contribution < -0.4 is 4.74 Å². The van der Waals surface area contributed by atoms with Gasteiger partial charge in [0.15, 0.2) is 5.44 Å². The molecule has 1 saturated heterocycles. The normalized spacial score (nSPS) is 27.5. The maximum absolute atomic E-state index is 10.3. The molecule has 4 N–H and O–H groups in total. The number of rotatable bonds is 7. The van der Waals surface area contributed by atoms with Crippen LogP contribution in [-0.2, 0) is 6.42 Å². The molecule has 7 heteroatoms. The lowest BCUT2D eigenvalue weighted by Gasteiger charge is -2.39. The fraction of sp³-hybridized carbons (Fsp3) is 0.429. The molecule has 1 aliphatic rings. The van der Waals surface area contributed by atoms with Gasteiger partial charge in [-0.2, -0.15) is 0 Å². The lowest BCUT2D eigenvalue weighted by atomic mass is 10.0. The first-order valence-electron chi connectivity index (χ1n) is 9.30. The summed E-state index contributed by atoms with van der Waals surface area (Å²) < 4.78 is 6.01. The van der Waals surface area contributed by atoms with Crippen molar-refractivity contribution in [3.8, 4) is 5.75 Å². The lowest BCUT2D eigenvalue weighted by molar-refractivity contribution is -0.0910. The third kappa shape index (κ3) is 5.03. The van der Waals surface area contributed by atoms with Gasteiger partial charge in [0.25, 0.3) is 0 Å². The first-order chi connectivity index (χ1) is 13.5. The molecule has 2 aromatic carbocycles. The Morgan fingerprint density at radius 1 is 0.964 bits per heavy atom. The summed E-state index contributed by atoms with van der Waals surface area (Å²) in [4.78, 5) is 1.24. The van der Waals surface area contributed by atoms with E-state index in [-0.39, 0.29) is 6.61 Å². The molecule has 1 aliphatic heterocycles. The van der Waals surface area contributed by atoms with E-state index in [2.05, 4.69) is 31.2 Å². The van der Waals surface area contributed by atoms with E-state index in [4.69, 9.17) is 4.74 Å². The predicted octanol–water partition coefficient (Wildman–Crippen LogP) is 2.28. The van der Waals surface area contributed by atoms with E-state index < -0.39 is 29.0 Å². The van der Waals surface area contributed by atoms with E-state index in [1.165, 1.54) is 4.90 Å². The Kier molecular flexibility index (Phi) is 7.68. The van der Waals surface area contributed by atoms with Crippen LogP contribution in [-0.4, -0.2) is 61.8 Å². The number of thioether (sulfide) groups is 2. The Morgan fingerprint density at radius 2 is 1.68 bits per heavy atom. The van der Waals surface area contributed by atoms with Crippen molar-refractivity contribution in [1.29, 1.82) is 0 Å². The Morgan fingerprint density at radius 3 is 2.36 bits per heavy atom. The summed E-state index contributed by atoms with van der Waals surface area (Å²) in [5, 5.41) is 39.1. The van der Waals surface area contributed by atoms with Crippen molar-refractivity contribution in [3.63, 3.8) is 0 Å². The van der Waals surface area contributed by atoms with Gasteiger partial charge in [0.05, 0.1) is 18.0 Å². The molecule has 0 saturated carbocycles. The van der Waals surface area contributed by atoms with Crippen molar-refractivity contribution in [2.24, 2.45) is 0 Å². The fourth-order valence-electron chi connectivity index (χ4n) is 3.14. The van der Waals surface area contributed by atoms with Crippen molar-refractivity contribution in [1.82, 2.24) is 0 Å². The summed E-state index contributed by atoms with van der Waals surface area (Å²) in [6.45, 7) is 1.82. The number of para-hydroxylation sites is 1. The van der Waals surface area contributed by atoms with Gasteiger partial charge >= 0.3 is 0 Å². The minimum Gasteiger partial charge on any atom is -0.477 e. The maximum Gasteiger partial charge on any atom is 0.173 e. The molecule has 3 rings (SSSR count). The van der Waals surface area contributed by atoms with Gasteiger partial charge in [-0.15, -0.1) is 23.5 Å².